The zero-order chi connectivity index (χ0) is 28.4. The Hall–Kier alpha value is -4.16. The van der Waals surface area contributed by atoms with Crippen molar-refractivity contribution in [2.75, 3.05) is 10.8 Å². The van der Waals surface area contributed by atoms with Crippen molar-refractivity contribution in [1.82, 2.24) is 10.0 Å². The van der Waals surface area contributed by atoms with Crippen LogP contribution in [0.25, 0.3) is 6.08 Å². The topological polar surface area (TPSA) is 117 Å². The van der Waals surface area contributed by atoms with Crippen molar-refractivity contribution in [1.29, 1.82) is 0 Å². The van der Waals surface area contributed by atoms with Gasteiger partial charge in [-0.1, -0.05) is 44.2 Å². The van der Waals surface area contributed by atoms with Crippen molar-refractivity contribution in [3.8, 4) is 5.75 Å². The molecule has 206 valence electrons. The molecule has 0 aromatic heterocycles. The monoisotopic (exact) mass is 580 g/mol. The van der Waals surface area contributed by atoms with E-state index in [1.807, 2.05) is 29.0 Å². The van der Waals surface area contributed by atoms with E-state index in [0.717, 1.165) is 21.6 Å². The van der Waals surface area contributed by atoms with Crippen LogP contribution in [0.4, 0.5) is 15.8 Å². The molecule has 40 heavy (non-hydrogen) atoms. The predicted octanol–water partition coefficient (Wildman–Crippen LogP) is 4.60. The van der Waals surface area contributed by atoms with E-state index in [1.54, 1.807) is 24.3 Å². The summed E-state index contributed by atoms with van der Waals surface area (Å²) in [5, 5.41) is 2.98. The average molecular weight is 581 g/mol. The Bertz CT molecular complexity index is 1640. The van der Waals surface area contributed by atoms with Crippen LogP contribution in [-0.4, -0.2) is 31.9 Å². The van der Waals surface area contributed by atoms with Gasteiger partial charge in [0.25, 0.3) is 11.8 Å². The first-order chi connectivity index (χ1) is 19.1. The Kier molecular flexibility index (Phi) is 7.63. The Labute approximate surface area is 235 Å². The third kappa shape index (κ3) is 6.18. The SMILES string of the molecule is CC(C)c1ccc(COc2ccc(/C=C3/SC(=Nc4ccc(N5CC(=O)NS5(=O)=O)cc4)NC3=O)cc2F)cc1. The zero-order valence-corrected chi connectivity index (χ0v) is 23.2. The highest BCUT2D eigenvalue weighted by Gasteiger charge is 2.34. The highest BCUT2D eigenvalue weighted by atomic mass is 32.2. The predicted molar refractivity (Wildman–Crippen MR) is 153 cm³/mol. The molecule has 5 rings (SSSR count). The van der Waals surface area contributed by atoms with Gasteiger partial charge in [0.1, 0.15) is 13.2 Å². The Balaban J connectivity index is 1.23. The normalized spacial score (nSPS) is 18.4. The zero-order valence-electron chi connectivity index (χ0n) is 21.5. The van der Waals surface area contributed by atoms with Crippen LogP contribution in [0.5, 0.6) is 5.75 Å². The lowest BCUT2D eigenvalue weighted by Crippen LogP contribution is -2.29. The number of rotatable bonds is 7. The Morgan fingerprint density at radius 1 is 1.07 bits per heavy atom. The molecular formula is C28H25FN4O5S2. The van der Waals surface area contributed by atoms with Gasteiger partial charge in [-0.3, -0.25) is 9.59 Å². The highest BCUT2D eigenvalue weighted by Crippen LogP contribution is 2.30. The smallest absolute Gasteiger partial charge is 0.326 e. The summed E-state index contributed by atoms with van der Waals surface area (Å²) in [5.74, 6) is -0.978. The van der Waals surface area contributed by atoms with Gasteiger partial charge in [0.2, 0.25) is 0 Å². The minimum atomic E-state index is -3.90. The third-order valence-electron chi connectivity index (χ3n) is 6.13. The van der Waals surface area contributed by atoms with Gasteiger partial charge in [0.15, 0.2) is 16.7 Å². The number of amidine groups is 1. The first-order valence-corrected chi connectivity index (χ1v) is 14.6. The van der Waals surface area contributed by atoms with Crippen molar-refractivity contribution < 1.29 is 27.1 Å². The molecule has 2 amide bonds. The number of nitrogens with one attached hydrogen (secondary N) is 2. The van der Waals surface area contributed by atoms with Crippen LogP contribution in [-0.2, 0) is 26.4 Å². The number of carbonyl (C=O) groups excluding carboxylic acids is 2. The van der Waals surface area contributed by atoms with Crippen LogP contribution in [0.2, 0.25) is 0 Å². The van der Waals surface area contributed by atoms with E-state index in [9.17, 15) is 22.4 Å². The first-order valence-electron chi connectivity index (χ1n) is 12.3. The number of halogens is 1. The molecule has 0 radical (unpaired) electrons. The van der Waals surface area contributed by atoms with Gasteiger partial charge in [0.05, 0.1) is 16.3 Å². The summed E-state index contributed by atoms with van der Waals surface area (Å²) in [5.41, 5.74) is 3.42. The van der Waals surface area contributed by atoms with E-state index >= 15 is 0 Å². The lowest BCUT2D eigenvalue weighted by Gasteiger charge is -2.14. The fourth-order valence-electron chi connectivity index (χ4n) is 4.00. The number of anilines is 1. The van der Waals surface area contributed by atoms with Gasteiger partial charge in [-0.15, -0.1) is 0 Å². The van der Waals surface area contributed by atoms with Crippen molar-refractivity contribution in [2.45, 2.75) is 26.4 Å². The maximum atomic E-state index is 14.7. The van der Waals surface area contributed by atoms with Gasteiger partial charge in [-0.05, 0) is 76.8 Å². The number of aliphatic imine (C=N–C) groups is 1. The molecule has 0 bridgehead atoms. The standard InChI is InChI=1S/C28H25FN4O5S2/c1-17(2)20-6-3-18(4-7-20)16-38-24-12-5-19(13-23(24)29)14-25-27(35)31-28(39-25)30-21-8-10-22(11-9-21)33-15-26(34)32-40(33,36)37/h3-14,17H,15-16H2,1-2H3,(H,32,34)(H,30,31,35)/b25-14+. The quantitative estimate of drug-likeness (QED) is 0.395. The summed E-state index contributed by atoms with van der Waals surface area (Å²) >= 11 is 1.09. The van der Waals surface area contributed by atoms with Crippen LogP contribution in [0, 0.1) is 5.82 Å². The number of hydrogen-bond acceptors (Lipinski definition) is 7. The van der Waals surface area contributed by atoms with Crippen molar-refractivity contribution >= 4 is 56.4 Å². The van der Waals surface area contributed by atoms with Crippen molar-refractivity contribution in [3.05, 3.63) is 94.1 Å². The molecule has 2 fully saturated rings. The lowest BCUT2D eigenvalue weighted by molar-refractivity contribution is -0.117. The fraction of sp³-hybridized carbons (Fsp3) is 0.179. The second-order valence-corrected chi connectivity index (χ2v) is 12.0. The number of benzene rings is 3. The summed E-state index contributed by atoms with van der Waals surface area (Å²) in [6, 6.07) is 18.7. The van der Waals surface area contributed by atoms with E-state index in [-0.39, 0.29) is 24.8 Å². The molecular weight excluding hydrogens is 555 g/mol. The molecule has 2 heterocycles. The highest BCUT2D eigenvalue weighted by molar-refractivity contribution is 8.18. The molecule has 2 aliphatic heterocycles. The molecule has 0 unspecified atom stereocenters. The molecule has 2 aliphatic rings. The maximum Gasteiger partial charge on any atom is 0.326 e. The van der Waals surface area contributed by atoms with E-state index in [0.29, 0.717) is 32.9 Å². The van der Waals surface area contributed by atoms with Gasteiger partial charge in [0, 0.05) is 0 Å². The molecule has 0 spiro atoms. The van der Waals surface area contributed by atoms with Gasteiger partial charge < -0.3 is 10.1 Å². The van der Waals surface area contributed by atoms with Crippen LogP contribution in [0.3, 0.4) is 0 Å². The molecule has 9 nitrogen and oxygen atoms in total. The van der Waals surface area contributed by atoms with E-state index in [2.05, 4.69) is 24.2 Å². The molecule has 3 aromatic carbocycles. The van der Waals surface area contributed by atoms with E-state index in [4.69, 9.17) is 4.74 Å². The number of nitrogens with zero attached hydrogens (tertiary/aromatic N) is 2. The summed E-state index contributed by atoms with van der Waals surface area (Å²) in [6.45, 7) is 4.18. The average Bonchev–Trinajstić information content (AvgIpc) is 3.39. The van der Waals surface area contributed by atoms with E-state index < -0.39 is 21.9 Å². The first kappa shape index (κ1) is 27.4. The van der Waals surface area contributed by atoms with Crippen molar-refractivity contribution in [3.63, 3.8) is 0 Å². The summed E-state index contributed by atoms with van der Waals surface area (Å²) in [6.07, 6.45) is 1.56. The molecule has 0 aliphatic carbocycles. The van der Waals surface area contributed by atoms with E-state index in [1.165, 1.54) is 29.8 Å². The number of amides is 2. The number of hydrogen-bond donors (Lipinski definition) is 2. The molecule has 2 saturated heterocycles. The van der Waals surface area contributed by atoms with Crippen LogP contribution in [0.1, 0.15) is 36.5 Å². The largest absolute Gasteiger partial charge is 0.486 e. The minimum Gasteiger partial charge on any atom is -0.486 e. The van der Waals surface area contributed by atoms with Crippen LogP contribution < -0.4 is 19.1 Å². The number of thioether (sulfide) groups is 1. The summed E-state index contributed by atoms with van der Waals surface area (Å²) in [7, 11) is -3.90. The second kappa shape index (κ2) is 11.1. The summed E-state index contributed by atoms with van der Waals surface area (Å²) in [4.78, 5) is 28.6. The minimum absolute atomic E-state index is 0.117. The second-order valence-electron chi connectivity index (χ2n) is 9.41. The number of carbonyl (C=O) groups is 2. The Morgan fingerprint density at radius 3 is 2.42 bits per heavy atom. The number of ether oxygens (including phenoxy) is 1. The Morgan fingerprint density at radius 2 is 1.80 bits per heavy atom. The lowest BCUT2D eigenvalue weighted by atomic mass is 10.0. The molecule has 3 aromatic rings. The molecule has 12 heteroatoms. The fourth-order valence-corrected chi connectivity index (χ4v) is 5.99. The molecule has 0 atom stereocenters. The van der Waals surface area contributed by atoms with Crippen LogP contribution in [0.15, 0.2) is 76.6 Å². The summed E-state index contributed by atoms with van der Waals surface area (Å²) < 4.78 is 47.2. The van der Waals surface area contributed by atoms with Gasteiger partial charge in [-0.2, -0.15) is 8.42 Å². The third-order valence-corrected chi connectivity index (χ3v) is 8.45. The van der Waals surface area contributed by atoms with Crippen LogP contribution >= 0.6 is 11.8 Å². The maximum absolute atomic E-state index is 14.7. The van der Waals surface area contributed by atoms with Gasteiger partial charge >= 0.3 is 10.2 Å². The van der Waals surface area contributed by atoms with Crippen molar-refractivity contribution in [2.24, 2.45) is 4.99 Å². The molecule has 2 N–H and O–H groups in total. The molecule has 0 saturated carbocycles. The van der Waals surface area contributed by atoms with Gasteiger partial charge in [-0.25, -0.2) is 18.4 Å².